The molecule has 9 heteroatoms. The van der Waals surface area contributed by atoms with E-state index in [9.17, 15) is 18.0 Å². The zero-order chi connectivity index (χ0) is 28.4. The summed E-state index contributed by atoms with van der Waals surface area (Å²) < 4.78 is 26.5. The van der Waals surface area contributed by atoms with Crippen molar-refractivity contribution >= 4 is 39.1 Å². The lowest BCUT2D eigenvalue weighted by atomic mass is 9.95. The number of amides is 2. The predicted octanol–water partition coefficient (Wildman–Crippen LogP) is 5.70. The number of rotatable bonds is 13. The standard InChI is InChI=1S/C30H42ClN3O4S/c1-4-23-15-19-27(20-16-23)34(39(3,37)38)21-9-12-29(35)33(22-24-13-17-25(31)18-14-24)28(5-2)30(36)32-26-10-7-6-8-11-26/h13-20,26,28H,4-12,21-22H2,1-3H3,(H,32,36). The Labute approximate surface area is 239 Å². The smallest absolute Gasteiger partial charge is 0.243 e. The van der Waals surface area contributed by atoms with E-state index in [2.05, 4.69) is 5.32 Å². The lowest BCUT2D eigenvalue weighted by Gasteiger charge is -2.33. The van der Waals surface area contributed by atoms with Crippen molar-refractivity contribution in [2.45, 2.75) is 90.3 Å². The molecule has 0 bridgehead atoms. The van der Waals surface area contributed by atoms with Crippen LogP contribution in [0.15, 0.2) is 48.5 Å². The maximum atomic E-state index is 13.6. The fraction of sp³-hybridized carbons (Fsp3) is 0.533. The highest BCUT2D eigenvalue weighted by atomic mass is 35.5. The summed E-state index contributed by atoms with van der Waals surface area (Å²) >= 11 is 6.06. The van der Waals surface area contributed by atoms with E-state index in [0.29, 0.717) is 23.6 Å². The van der Waals surface area contributed by atoms with E-state index in [-0.39, 0.29) is 37.4 Å². The number of nitrogens with zero attached hydrogens (tertiary/aromatic N) is 2. The number of halogens is 1. The summed E-state index contributed by atoms with van der Waals surface area (Å²) in [6.07, 6.45) is 8.32. The second kappa shape index (κ2) is 14.7. The van der Waals surface area contributed by atoms with Gasteiger partial charge in [0, 0.05) is 30.6 Å². The molecule has 2 amide bonds. The Morgan fingerprint density at radius 2 is 1.59 bits per heavy atom. The van der Waals surface area contributed by atoms with Gasteiger partial charge in [-0.05, 0) is 67.5 Å². The van der Waals surface area contributed by atoms with Gasteiger partial charge in [-0.2, -0.15) is 0 Å². The molecule has 7 nitrogen and oxygen atoms in total. The molecule has 1 saturated carbocycles. The molecule has 214 valence electrons. The van der Waals surface area contributed by atoms with E-state index in [1.165, 1.54) is 17.0 Å². The maximum absolute atomic E-state index is 13.6. The largest absolute Gasteiger partial charge is 0.352 e. The fourth-order valence-electron chi connectivity index (χ4n) is 5.15. The van der Waals surface area contributed by atoms with Crippen LogP contribution in [0.3, 0.4) is 0 Å². The molecule has 39 heavy (non-hydrogen) atoms. The molecule has 0 spiro atoms. The molecular formula is C30H42ClN3O4S. The first-order valence-corrected chi connectivity index (χ1v) is 16.3. The van der Waals surface area contributed by atoms with Crippen LogP contribution in [0.4, 0.5) is 5.69 Å². The molecule has 1 unspecified atom stereocenters. The van der Waals surface area contributed by atoms with Gasteiger partial charge in [-0.1, -0.05) is 69.0 Å². The first kappa shape index (κ1) is 31.0. The van der Waals surface area contributed by atoms with Crippen LogP contribution < -0.4 is 9.62 Å². The molecule has 0 aliphatic heterocycles. The van der Waals surface area contributed by atoms with E-state index in [0.717, 1.165) is 43.2 Å². The van der Waals surface area contributed by atoms with E-state index in [1.807, 2.05) is 38.1 Å². The van der Waals surface area contributed by atoms with E-state index in [4.69, 9.17) is 11.6 Å². The van der Waals surface area contributed by atoms with Crippen molar-refractivity contribution in [2.75, 3.05) is 17.1 Å². The zero-order valence-electron chi connectivity index (χ0n) is 23.4. The topological polar surface area (TPSA) is 86.8 Å². The summed E-state index contributed by atoms with van der Waals surface area (Å²) in [4.78, 5) is 28.6. The number of sulfonamides is 1. The number of carbonyl (C=O) groups excluding carboxylic acids is 2. The van der Waals surface area contributed by atoms with Crippen LogP contribution in [-0.4, -0.2) is 50.0 Å². The van der Waals surface area contributed by atoms with Gasteiger partial charge in [0.2, 0.25) is 21.8 Å². The third-order valence-corrected chi connectivity index (χ3v) is 8.83. The average Bonchev–Trinajstić information content (AvgIpc) is 2.92. The van der Waals surface area contributed by atoms with Crippen LogP contribution >= 0.6 is 11.6 Å². The van der Waals surface area contributed by atoms with Gasteiger partial charge in [-0.25, -0.2) is 8.42 Å². The summed E-state index contributed by atoms with van der Waals surface area (Å²) in [6.45, 7) is 4.42. The van der Waals surface area contributed by atoms with Gasteiger partial charge in [0.15, 0.2) is 0 Å². The first-order valence-electron chi connectivity index (χ1n) is 14.0. The lowest BCUT2D eigenvalue weighted by molar-refractivity contribution is -0.141. The summed E-state index contributed by atoms with van der Waals surface area (Å²) in [7, 11) is -3.53. The monoisotopic (exact) mass is 575 g/mol. The number of aryl methyl sites for hydroxylation is 1. The zero-order valence-corrected chi connectivity index (χ0v) is 24.9. The Hall–Kier alpha value is -2.58. The van der Waals surface area contributed by atoms with Crippen molar-refractivity contribution in [1.29, 1.82) is 0 Å². The third kappa shape index (κ3) is 9.24. The van der Waals surface area contributed by atoms with E-state index >= 15 is 0 Å². The Bertz CT molecular complexity index is 1180. The molecule has 3 rings (SSSR count). The number of benzene rings is 2. The van der Waals surface area contributed by atoms with Gasteiger partial charge in [0.05, 0.1) is 11.9 Å². The summed E-state index contributed by atoms with van der Waals surface area (Å²) in [5.74, 6) is -0.300. The van der Waals surface area contributed by atoms with Crippen molar-refractivity contribution in [2.24, 2.45) is 0 Å². The quantitative estimate of drug-likeness (QED) is 0.332. The van der Waals surface area contributed by atoms with E-state index < -0.39 is 16.1 Å². The minimum absolute atomic E-state index is 0.125. The van der Waals surface area contributed by atoms with Crippen LogP contribution in [0.1, 0.15) is 76.3 Å². The first-order chi connectivity index (χ1) is 18.6. The Morgan fingerprint density at radius 3 is 2.15 bits per heavy atom. The Kier molecular flexibility index (Phi) is 11.7. The summed E-state index contributed by atoms with van der Waals surface area (Å²) in [6, 6.07) is 14.3. The van der Waals surface area contributed by atoms with Crippen LogP contribution in [0, 0.1) is 0 Å². The molecule has 0 radical (unpaired) electrons. The molecule has 1 atom stereocenters. The Morgan fingerprint density at radius 1 is 0.974 bits per heavy atom. The molecule has 2 aromatic rings. The number of carbonyl (C=O) groups is 2. The lowest BCUT2D eigenvalue weighted by Crippen LogP contribution is -2.51. The van der Waals surface area contributed by atoms with Crippen LogP contribution in [0.5, 0.6) is 0 Å². The van der Waals surface area contributed by atoms with Gasteiger partial charge in [0.1, 0.15) is 6.04 Å². The number of hydrogen-bond acceptors (Lipinski definition) is 4. The SMILES string of the molecule is CCc1ccc(N(CCCC(=O)N(Cc2ccc(Cl)cc2)C(CC)C(=O)NC2CCCCC2)S(C)(=O)=O)cc1. The van der Waals surface area contributed by atoms with Crippen molar-refractivity contribution in [1.82, 2.24) is 10.2 Å². The van der Waals surface area contributed by atoms with Crippen molar-refractivity contribution in [3.63, 3.8) is 0 Å². The third-order valence-electron chi connectivity index (χ3n) is 7.39. The fourth-order valence-corrected chi connectivity index (χ4v) is 6.24. The van der Waals surface area contributed by atoms with Gasteiger partial charge in [-0.15, -0.1) is 0 Å². The van der Waals surface area contributed by atoms with Crippen molar-refractivity contribution < 1.29 is 18.0 Å². The highest BCUT2D eigenvalue weighted by molar-refractivity contribution is 7.92. The summed E-state index contributed by atoms with van der Waals surface area (Å²) in [5, 5.41) is 3.79. The van der Waals surface area contributed by atoms with Gasteiger partial charge < -0.3 is 10.2 Å². The molecule has 0 heterocycles. The maximum Gasteiger partial charge on any atom is 0.243 e. The molecular weight excluding hydrogens is 534 g/mol. The van der Waals surface area contributed by atoms with Gasteiger partial charge >= 0.3 is 0 Å². The summed E-state index contributed by atoms with van der Waals surface area (Å²) in [5.41, 5.74) is 2.58. The van der Waals surface area contributed by atoms with Crippen LogP contribution in [-0.2, 0) is 32.6 Å². The number of anilines is 1. The van der Waals surface area contributed by atoms with Crippen LogP contribution in [0.2, 0.25) is 5.02 Å². The minimum atomic E-state index is -3.53. The number of nitrogens with one attached hydrogen (secondary N) is 1. The minimum Gasteiger partial charge on any atom is -0.352 e. The highest BCUT2D eigenvalue weighted by Gasteiger charge is 2.30. The normalized spacial score (nSPS) is 15.0. The molecule has 0 aromatic heterocycles. The highest BCUT2D eigenvalue weighted by Crippen LogP contribution is 2.22. The van der Waals surface area contributed by atoms with E-state index in [1.54, 1.807) is 29.2 Å². The van der Waals surface area contributed by atoms with Gasteiger partial charge in [-0.3, -0.25) is 13.9 Å². The second-order valence-corrected chi connectivity index (χ2v) is 12.7. The molecule has 1 fully saturated rings. The average molecular weight is 576 g/mol. The van der Waals surface area contributed by atoms with Gasteiger partial charge in [0.25, 0.3) is 0 Å². The Balaban J connectivity index is 1.74. The molecule has 1 aliphatic carbocycles. The molecule has 2 aromatic carbocycles. The molecule has 1 N–H and O–H groups in total. The molecule has 0 saturated heterocycles. The van der Waals surface area contributed by atoms with Crippen LogP contribution in [0.25, 0.3) is 0 Å². The van der Waals surface area contributed by atoms with Crippen molar-refractivity contribution in [3.05, 3.63) is 64.7 Å². The molecule has 1 aliphatic rings. The van der Waals surface area contributed by atoms with Crippen molar-refractivity contribution in [3.8, 4) is 0 Å². The predicted molar refractivity (Wildman–Crippen MR) is 158 cm³/mol. The second-order valence-electron chi connectivity index (χ2n) is 10.4. The number of hydrogen-bond donors (Lipinski definition) is 1.